The molecule has 2 rings (SSSR count). The van der Waals surface area contributed by atoms with E-state index in [-0.39, 0.29) is 6.61 Å². The Hall–Kier alpha value is -1.22. The van der Waals surface area contributed by atoms with Crippen LogP contribution in [0.5, 0.6) is 0 Å². The van der Waals surface area contributed by atoms with Crippen molar-refractivity contribution in [3.05, 3.63) is 24.6 Å². The second kappa shape index (κ2) is 6.27. The molecule has 0 radical (unpaired) electrons. The van der Waals surface area contributed by atoms with Crippen molar-refractivity contribution in [3.63, 3.8) is 0 Å². The Morgan fingerprint density at radius 3 is 2.90 bits per heavy atom. The predicted molar refractivity (Wildman–Crippen MR) is 71.0 cm³/mol. The number of rotatable bonds is 5. The maximum absolute atomic E-state index is 11.9. The number of nitrogens with zero attached hydrogens (tertiary/aromatic N) is 1. The quantitative estimate of drug-likeness (QED) is 0.607. The summed E-state index contributed by atoms with van der Waals surface area (Å²) in [5.74, 6) is 0. The molecule has 2 amide bonds. The van der Waals surface area contributed by atoms with Gasteiger partial charge in [-0.15, -0.1) is 0 Å². The summed E-state index contributed by atoms with van der Waals surface area (Å²) in [5, 5.41) is 2.53. The van der Waals surface area contributed by atoms with Crippen LogP contribution in [-0.2, 0) is 18.8 Å². The second-order valence-corrected chi connectivity index (χ2v) is 6.19. The maximum Gasteiger partial charge on any atom is 0.350 e. The lowest BCUT2D eigenvalue weighted by molar-refractivity contribution is -0.0642. The van der Waals surface area contributed by atoms with Crippen molar-refractivity contribution in [2.45, 2.75) is 18.4 Å². The summed E-state index contributed by atoms with van der Waals surface area (Å²) in [4.78, 5) is 30.8. The SMILES string of the molecule is C=C1C=CN([C@@H]2OC[C@H](OCP(=O)(O)O)[C@H]2OC)C(=O)N1. The summed E-state index contributed by atoms with van der Waals surface area (Å²) in [6.07, 6.45) is 0.273. The molecular weight excluding hydrogens is 303 g/mol. The van der Waals surface area contributed by atoms with E-state index in [1.165, 1.54) is 18.2 Å². The number of hydrogen-bond acceptors (Lipinski definition) is 5. The van der Waals surface area contributed by atoms with Gasteiger partial charge >= 0.3 is 13.6 Å². The first-order chi connectivity index (χ1) is 9.81. The van der Waals surface area contributed by atoms with Crippen LogP contribution in [0.1, 0.15) is 0 Å². The van der Waals surface area contributed by atoms with Gasteiger partial charge in [-0.3, -0.25) is 9.46 Å². The number of carbonyl (C=O) groups excluding carboxylic acids is 1. The van der Waals surface area contributed by atoms with E-state index >= 15 is 0 Å². The van der Waals surface area contributed by atoms with E-state index in [2.05, 4.69) is 11.9 Å². The molecule has 3 atom stereocenters. The Balaban J connectivity index is 2.05. The van der Waals surface area contributed by atoms with Crippen molar-refractivity contribution in [1.29, 1.82) is 0 Å². The predicted octanol–water partition coefficient (Wildman–Crippen LogP) is -0.0693. The summed E-state index contributed by atoms with van der Waals surface area (Å²) in [6.45, 7) is 3.66. The molecule has 2 aliphatic rings. The molecule has 2 heterocycles. The molecule has 0 saturated carbocycles. The van der Waals surface area contributed by atoms with Crippen molar-refractivity contribution < 1.29 is 33.4 Å². The molecule has 10 heteroatoms. The van der Waals surface area contributed by atoms with Crippen molar-refractivity contribution in [3.8, 4) is 0 Å². The molecule has 0 aliphatic carbocycles. The Kier molecular flexibility index (Phi) is 4.82. The third kappa shape index (κ3) is 3.91. The normalized spacial score (nSPS) is 29.9. The van der Waals surface area contributed by atoms with Crippen LogP contribution in [0.15, 0.2) is 24.6 Å². The van der Waals surface area contributed by atoms with Crippen LogP contribution in [0, 0.1) is 0 Å². The van der Waals surface area contributed by atoms with Gasteiger partial charge in [0.15, 0.2) is 6.23 Å². The van der Waals surface area contributed by atoms with Gasteiger partial charge in [-0.05, 0) is 6.08 Å². The molecular formula is C11H17N2O7P. The van der Waals surface area contributed by atoms with Gasteiger partial charge in [-0.25, -0.2) is 4.79 Å². The van der Waals surface area contributed by atoms with E-state index in [0.29, 0.717) is 5.70 Å². The van der Waals surface area contributed by atoms with Gasteiger partial charge < -0.3 is 29.3 Å². The van der Waals surface area contributed by atoms with Crippen LogP contribution in [0.4, 0.5) is 4.79 Å². The number of ether oxygens (including phenoxy) is 3. The van der Waals surface area contributed by atoms with E-state index in [0.717, 1.165) is 0 Å². The Morgan fingerprint density at radius 1 is 1.62 bits per heavy atom. The van der Waals surface area contributed by atoms with Crippen molar-refractivity contribution >= 4 is 13.6 Å². The minimum Gasteiger partial charge on any atom is -0.374 e. The third-order valence-electron chi connectivity index (χ3n) is 3.02. The monoisotopic (exact) mass is 320 g/mol. The molecule has 2 aliphatic heterocycles. The molecule has 0 aromatic rings. The molecule has 3 N–H and O–H groups in total. The molecule has 21 heavy (non-hydrogen) atoms. The Morgan fingerprint density at radius 2 is 2.33 bits per heavy atom. The number of methoxy groups -OCH3 is 1. The molecule has 0 spiro atoms. The van der Waals surface area contributed by atoms with Crippen LogP contribution in [0.3, 0.4) is 0 Å². The van der Waals surface area contributed by atoms with Crippen LogP contribution >= 0.6 is 7.60 Å². The minimum atomic E-state index is -4.28. The van der Waals surface area contributed by atoms with Crippen LogP contribution in [-0.4, -0.2) is 59.2 Å². The highest BCUT2D eigenvalue weighted by Gasteiger charge is 2.44. The lowest BCUT2D eigenvalue weighted by Crippen LogP contribution is -2.50. The van der Waals surface area contributed by atoms with Gasteiger partial charge in [-0.2, -0.15) is 0 Å². The molecule has 1 fully saturated rings. The topological polar surface area (TPSA) is 118 Å². The maximum atomic E-state index is 11.9. The summed E-state index contributed by atoms with van der Waals surface area (Å²) in [6, 6.07) is -0.426. The fraction of sp³-hybridized carbons (Fsp3) is 0.545. The lowest BCUT2D eigenvalue weighted by atomic mass is 10.2. The van der Waals surface area contributed by atoms with Gasteiger partial charge in [0.05, 0.1) is 6.61 Å². The number of carbonyl (C=O) groups is 1. The summed E-state index contributed by atoms with van der Waals surface area (Å²) in [7, 11) is -2.87. The first-order valence-electron chi connectivity index (χ1n) is 6.09. The molecule has 0 aromatic carbocycles. The van der Waals surface area contributed by atoms with Gasteiger partial charge in [0.25, 0.3) is 0 Å². The zero-order valence-electron chi connectivity index (χ0n) is 11.3. The summed E-state index contributed by atoms with van der Waals surface area (Å²) in [5.41, 5.74) is 0.456. The van der Waals surface area contributed by atoms with Crippen LogP contribution in [0.2, 0.25) is 0 Å². The number of amides is 2. The number of nitrogens with one attached hydrogen (secondary N) is 1. The van der Waals surface area contributed by atoms with Crippen LogP contribution < -0.4 is 5.32 Å². The summed E-state index contributed by atoms with van der Waals surface area (Å²) < 4.78 is 26.7. The molecule has 0 unspecified atom stereocenters. The number of allylic oxidation sites excluding steroid dienone is 1. The molecule has 118 valence electrons. The largest absolute Gasteiger partial charge is 0.374 e. The highest BCUT2D eigenvalue weighted by molar-refractivity contribution is 7.51. The average molecular weight is 320 g/mol. The molecule has 0 bridgehead atoms. The molecule has 1 saturated heterocycles. The van der Waals surface area contributed by atoms with E-state index in [9.17, 15) is 9.36 Å². The van der Waals surface area contributed by atoms with Gasteiger partial charge in [-0.1, -0.05) is 6.58 Å². The zero-order chi connectivity index (χ0) is 15.6. The smallest absolute Gasteiger partial charge is 0.350 e. The zero-order valence-corrected chi connectivity index (χ0v) is 12.2. The highest BCUT2D eigenvalue weighted by Crippen LogP contribution is 2.36. The lowest BCUT2D eigenvalue weighted by Gasteiger charge is -2.31. The highest BCUT2D eigenvalue weighted by atomic mass is 31.2. The van der Waals surface area contributed by atoms with Gasteiger partial charge in [0.2, 0.25) is 0 Å². The van der Waals surface area contributed by atoms with Crippen molar-refractivity contribution in [2.75, 3.05) is 20.1 Å². The second-order valence-electron chi connectivity index (χ2n) is 4.60. The minimum absolute atomic E-state index is 0.0573. The van der Waals surface area contributed by atoms with Gasteiger partial charge in [0.1, 0.15) is 18.6 Å². The Bertz CT molecular complexity index is 503. The van der Waals surface area contributed by atoms with E-state index in [1.807, 2.05) is 0 Å². The van der Waals surface area contributed by atoms with Crippen molar-refractivity contribution in [2.24, 2.45) is 0 Å². The molecule has 0 aromatic heterocycles. The summed E-state index contributed by atoms with van der Waals surface area (Å²) >= 11 is 0. The number of hydrogen-bond donors (Lipinski definition) is 3. The fourth-order valence-corrected chi connectivity index (χ4v) is 2.48. The van der Waals surface area contributed by atoms with E-state index in [4.69, 9.17) is 24.0 Å². The standard InChI is InChI=1S/C11H17N2O7P/c1-7-3-4-13(11(14)12-7)10-9(18-2)8(5-19-10)20-6-21(15,16)17/h3-4,8-10H,1,5-6H2,2H3,(H,12,14)(H2,15,16,17)/t8-,9+,10+/m0/s1. The first-order valence-corrected chi connectivity index (χ1v) is 7.88. The van der Waals surface area contributed by atoms with Crippen molar-refractivity contribution in [1.82, 2.24) is 10.2 Å². The molecule has 9 nitrogen and oxygen atoms in total. The fourth-order valence-electron chi connectivity index (χ4n) is 2.09. The Labute approximate surface area is 121 Å². The van der Waals surface area contributed by atoms with E-state index < -0.39 is 38.4 Å². The van der Waals surface area contributed by atoms with Crippen LogP contribution in [0.25, 0.3) is 0 Å². The van der Waals surface area contributed by atoms with E-state index in [1.54, 1.807) is 6.08 Å². The average Bonchev–Trinajstić information content (AvgIpc) is 2.78. The van der Waals surface area contributed by atoms with Gasteiger partial charge in [0, 0.05) is 19.0 Å². The third-order valence-corrected chi connectivity index (χ3v) is 3.51. The first kappa shape index (κ1) is 16.2. The number of urea groups is 1.